The molecule has 0 spiro atoms. The van der Waals surface area contributed by atoms with Crippen LogP contribution >= 0.6 is 15.9 Å². The van der Waals surface area contributed by atoms with Crippen LogP contribution < -0.4 is 0 Å². The molecule has 0 bridgehead atoms. The van der Waals surface area contributed by atoms with Crippen LogP contribution in [0.2, 0.25) is 0 Å². The number of carbonyl (C=O) groups is 1. The first kappa shape index (κ1) is 13.9. The number of benzene rings is 2. The number of hydrogen-bond donors (Lipinski definition) is 0. The summed E-state index contributed by atoms with van der Waals surface area (Å²) in [6, 6.07) is 11.9. The first-order chi connectivity index (χ1) is 9.00. The van der Waals surface area contributed by atoms with Crippen molar-refractivity contribution < 1.29 is 9.18 Å². The van der Waals surface area contributed by atoms with E-state index < -0.39 is 5.82 Å². The normalized spacial score (nSPS) is 10.8. The van der Waals surface area contributed by atoms with Gasteiger partial charge in [0.2, 0.25) is 0 Å². The number of hydrogen-bond acceptors (Lipinski definition) is 1. The molecule has 19 heavy (non-hydrogen) atoms. The van der Waals surface area contributed by atoms with E-state index in [1.807, 2.05) is 12.1 Å². The van der Waals surface area contributed by atoms with Gasteiger partial charge in [-0.15, -0.1) is 0 Å². The smallest absolute Gasteiger partial charge is 0.194 e. The molecule has 2 aromatic carbocycles. The van der Waals surface area contributed by atoms with E-state index in [1.54, 1.807) is 18.2 Å². The van der Waals surface area contributed by atoms with Crippen molar-refractivity contribution in [3.63, 3.8) is 0 Å². The summed E-state index contributed by atoms with van der Waals surface area (Å²) in [5, 5.41) is 0. The molecule has 98 valence electrons. The molecule has 0 fully saturated rings. The zero-order chi connectivity index (χ0) is 14.0. The van der Waals surface area contributed by atoms with E-state index in [-0.39, 0.29) is 10.3 Å². The second kappa shape index (κ2) is 5.66. The quantitative estimate of drug-likeness (QED) is 0.732. The van der Waals surface area contributed by atoms with Gasteiger partial charge < -0.3 is 0 Å². The van der Waals surface area contributed by atoms with Crippen molar-refractivity contribution in [2.75, 3.05) is 0 Å². The van der Waals surface area contributed by atoms with Crippen LogP contribution in [-0.2, 0) is 0 Å². The Bertz CT molecular complexity index is 603. The Morgan fingerprint density at radius 1 is 1.11 bits per heavy atom. The van der Waals surface area contributed by atoms with Gasteiger partial charge in [0, 0.05) is 11.1 Å². The van der Waals surface area contributed by atoms with Gasteiger partial charge in [0.15, 0.2) is 5.78 Å². The molecule has 0 saturated heterocycles. The minimum atomic E-state index is -0.426. The average Bonchev–Trinajstić information content (AvgIpc) is 2.41. The molecule has 0 N–H and O–H groups in total. The molecule has 0 atom stereocenters. The van der Waals surface area contributed by atoms with Gasteiger partial charge in [0.05, 0.1) is 4.47 Å². The number of ketones is 1. The molecule has 1 nitrogen and oxygen atoms in total. The molecular weight excluding hydrogens is 307 g/mol. The summed E-state index contributed by atoms with van der Waals surface area (Å²) in [6.45, 7) is 4.19. The third-order valence-corrected chi connectivity index (χ3v) is 3.84. The molecule has 0 radical (unpaired) electrons. The SMILES string of the molecule is CC(C)c1ccc(C(=O)c2cccc(F)c2Br)cc1. The third kappa shape index (κ3) is 2.92. The Labute approximate surface area is 120 Å². The van der Waals surface area contributed by atoms with Crippen LogP contribution in [0, 0.1) is 5.82 Å². The zero-order valence-corrected chi connectivity index (χ0v) is 12.4. The van der Waals surface area contributed by atoms with Crippen molar-refractivity contribution >= 4 is 21.7 Å². The summed E-state index contributed by atoms with van der Waals surface area (Å²) in [4.78, 5) is 12.3. The van der Waals surface area contributed by atoms with Crippen LogP contribution in [0.3, 0.4) is 0 Å². The Morgan fingerprint density at radius 3 is 2.32 bits per heavy atom. The van der Waals surface area contributed by atoms with Gasteiger partial charge in [0.1, 0.15) is 5.82 Å². The lowest BCUT2D eigenvalue weighted by Crippen LogP contribution is -2.03. The van der Waals surface area contributed by atoms with Crippen LogP contribution in [0.1, 0.15) is 41.3 Å². The molecule has 0 heterocycles. The van der Waals surface area contributed by atoms with E-state index >= 15 is 0 Å². The lowest BCUT2D eigenvalue weighted by molar-refractivity contribution is 0.103. The fraction of sp³-hybridized carbons (Fsp3) is 0.188. The number of carbonyl (C=O) groups excluding carboxylic acids is 1. The summed E-state index contributed by atoms with van der Waals surface area (Å²) in [5.74, 6) is -0.184. The van der Waals surface area contributed by atoms with Gasteiger partial charge in [-0.25, -0.2) is 4.39 Å². The van der Waals surface area contributed by atoms with Crippen molar-refractivity contribution in [3.8, 4) is 0 Å². The Balaban J connectivity index is 2.36. The molecular formula is C16H14BrFO. The van der Waals surface area contributed by atoms with Gasteiger partial charge >= 0.3 is 0 Å². The molecule has 0 amide bonds. The highest BCUT2D eigenvalue weighted by Crippen LogP contribution is 2.24. The number of rotatable bonds is 3. The maximum atomic E-state index is 13.4. The van der Waals surface area contributed by atoms with E-state index in [4.69, 9.17) is 0 Å². The molecule has 0 aliphatic rings. The Kier molecular flexibility index (Phi) is 4.15. The second-order valence-corrected chi connectivity index (χ2v) is 5.50. The molecule has 2 aromatic rings. The van der Waals surface area contributed by atoms with E-state index in [0.29, 0.717) is 17.0 Å². The molecule has 0 unspecified atom stereocenters. The topological polar surface area (TPSA) is 17.1 Å². The van der Waals surface area contributed by atoms with E-state index in [0.717, 1.165) is 0 Å². The Morgan fingerprint density at radius 2 is 1.74 bits per heavy atom. The predicted octanol–water partition coefficient (Wildman–Crippen LogP) is 4.94. The molecule has 0 aliphatic carbocycles. The van der Waals surface area contributed by atoms with Gasteiger partial charge in [-0.3, -0.25) is 4.79 Å². The van der Waals surface area contributed by atoms with E-state index in [2.05, 4.69) is 29.8 Å². The van der Waals surface area contributed by atoms with E-state index in [1.165, 1.54) is 17.7 Å². The Hall–Kier alpha value is -1.48. The lowest BCUT2D eigenvalue weighted by atomic mass is 9.98. The molecule has 3 heteroatoms. The maximum absolute atomic E-state index is 13.4. The summed E-state index contributed by atoms with van der Waals surface area (Å²) >= 11 is 3.12. The van der Waals surface area contributed by atoms with Crippen molar-refractivity contribution in [1.82, 2.24) is 0 Å². The average molecular weight is 321 g/mol. The molecule has 0 aromatic heterocycles. The maximum Gasteiger partial charge on any atom is 0.194 e. The highest BCUT2D eigenvalue weighted by molar-refractivity contribution is 9.10. The van der Waals surface area contributed by atoms with E-state index in [9.17, 15) is 9.18 Å². The largest absolute Gasteiger partial charge is 0.289 e. The van der Waals surface area contributed by atoms with Gasteiger partial charge in [-0.2, -0.15) is 0 Å². The summed E-state index contributed by atoms with van der Waals surface area (Å²) < 4.78 is 13.6. The first-order valence-electron chi connectivity index (χ1n) is 6.09. The second-order valence-electron chi connectivity index (χ2n) is 4.71. The predicted molar refractivity (Wildman–Crippen MR) is 78.1 cm³/mol. The van der Waals surface area contributed by atoms with Crippen LogP contribution in [0.15, 0.2) is 46.9 Å². The minimum absolute atomic E-state index is 0.179. The summed E-state index contributed by atoms with van der Waals surface area (Å²) in [6.07, 6.45) is 0. The minimum Gasteiger partial charge on any atom is -0.289 e. The fourth-order valence-corrected chi connectivity index (χ4v) is 2.30. The van der Waals surface area contributed by atoms with Crippen LogP contribution in [-0.4, -0.2) is 5.78 Å². The summed E-state index contributed by atoms with van der Waals surface area (Å²) in [5.41, 5.74) is 2.09. The molecule has 2 rings (SSSR count). The standard InChI is InChI=1S/C16H14BrFO/c1-10(2)11-6-8-12(9-7-11)16(19)13-4-3-5-14(18)15(13)17/h3-10H,1-2H3. The van der Waals surface area contributed by atoms with Crippen molar-refractivity contribution in [1.29, 1.82) is 0 Å². The van der Waals surface area contributed by atoms with Crippen LogP contribution in [0.25, 0.3) is 0 Å². The monoisotopic (exact) mass is 320 g/mol. The van der Waals surface area contributed by atoms with Gasteiger partial charge in [0.25, 0.3) is 0 Å². The number of halogens is 2. The molecule has 0 aliphatic heterocycles. The van der Waals surface area contributed by atoms with Crippen molar-refractivity contribution in [3.05, 3.63) is 69.4 Å². The fourth-order valence-electron chi connectivity index (χ4n) is 1.85. The first-order valence-corrected chi connectivity index (χ1v) is 6.88. The third-order valence-electron chi connectivity index (χ3n) is 3.04. The zero-order valence-electron chi connectivity index (χ0n) is 10.8. The van der Waals surface area contributed by atoms with Crippen molar-refractivity contribution in [2.45, 2.75) is 19.8 Å². The highest BCUT2D eigenvalue weighted by Gasteiger charge is 2.15. The van der Waals surface area contributed by atoms with Crippen LogP contribution in [0.5, 0.6) is 0 Å². The van der Waals surface area contributed by atoms with Gasteiger partial charge in [-0.1, -0.05) is 44.2 Å². The van der Waals surface area contributed by atoms with Crippen molar-refractivity contribution in [2.24, 2.45) is 0 Å². The molecule has 0 saturated carbocycles. The highest BCUT2D eigenvalue weighted by atomic mass is 79.9. The van der Waals surface area contributed by atoms with Crippen LogP contribution in [0.4, 0.5) is 4.39 Å². The lowest BCUT2D eigenvalue weighted by Gasteiger charge is -2.07. The summed E-state index contributed by atoms with van der Waals surface area (Å²) in [7, 11) is 0. The van der Waals surface area contributed by atoms with Gasteiger partial charge in [-0.05, 0) is 39.5 Å².